The molecule has 134 valence electrons. The Balaban J connectivity index is 2.24. The van der Waals surface area contributed by atoms with Gasteiger partial charge in [-0.05, 0) is 22.0 Å². The topological polar surface area (TPSA) is 76.1 Å². The number of hydrogen-bond acceptors (Lipinski definition) is 6. The molecule has 1 aliphatic heterocycles. The minimum atomic E-state index is -1.06. The van der Waals surface area contributed by atoms with Crippen molar-refractivity contribution in [2.75, 3.05) is 20.8 Å². The lowest BCUT2D eigenvalue weighted by molar-refractivity contribution is -0.139. The van der Waals surface area contributed by atoms with Crippen LogP contribution in [0.5, 0.6) is 11.5 Å². The van der Waals surface area contributed by atoms with E-state index < -0.39 is 22.6 Å². The van der Waals surface area contributed by atoms with Crippen molar-refractivity contribution in [3.8, 4) is 11.5 Å². The first-order valence-electron chi connectivity index (χ1n) is 7.27. The minimum Gasteiger partial charge on any atom is -0.493 e. The fraction of sp³-hybridized carbons (Fsp3) is 0.235. The van der Waals surface area contributed by atoms with E-state index >= 15 is 0 Å². The molecular formula is C17H18NO5S2-. The van der Waals surface area contributed by atoms with E-state index in [0.29, 0.717) is 15.8 Å². The second kappa shape index (κ2) is 8.17. The fourth-order valence-electron chi connectivity index (χ4n) is 2.03. The minimum absolute atomic E-state index is 0.0808. The van der Waals surface area contributed by atoms with Crippen molar-refractivity contribution < 1.29 is 24.2 Å². The summed E-state index contributed by atoms with van der Waals surface area (Å²) in [7, 11) is 2.68. The van der Waals surface area contributed by atoms with E-state index in [2.05, 4.69) is 0 Å². The van der Waals surface area contributed by atoms with Crippen LogP contribution in [0.15, 0.2) is 24.3 Å². The molecule has 0 bridgehead atoms. The average Bonchev–Trinajstić information content (AvgIpc) is 2.85. The lowest BCUT2D eigenvalue weighted by Crippen LogP contribution is -2.25. The zero-order valence-electron chi connectivity index (χ0n) is 14.0. The van der Waals surface area contributed by atoms with Gasteiger partial charge in [-0.2, -0.15) is 4.86 Å². The van der Waals surface area contributed by atoms with Crippen molar-refractivity contribution in [3.63, 3.8) is 0 Å². The summed E-state index contributed by atoms with van der Waals surface area (Å²) in [5, 5.41) is 10.3. The first-order chi connectivity index (χ1) is 11.8. The highest BCUT2D eigenvalue weighted by atomic mass is 32.2. The molecule has 1 aromatic rings. The molecular weight excluding hydrogens is 362 g/mol. The fourth-order valence-corrected chi connectivity index (χ4v) is 4.18. The van der Waals surface area contributed by atoms with Gasteiger partial charge in [-0.15, -0.1) is 5.37 Å². The Hall–Kier alpha value is -2.32. The van der Waals surface area contributed by atoms with Gasteiger partial charge < -0.3 is 29.6 Å². The number of carbonyl (C=O) groups excluding carboxylic acids is 1. The van der Waals surface area contributed by atoms with Gasteiger partial charge in [0.05, 0.1) is 7.11 Å². The Labute approximate surface area is 153 Å². The Bertz CT molecular complexity index is 851. The van der Waals surface area contributed by atoms with E-state index in [1.807, 2.05) is 19.1 Å². The molecule has 1 N–H and O–H groups in total. The van der Waals surface area contributed by atoms with Crippen LogP contribution >= 0.6 is 12.2 Å². The molecule has 2 rings (SSSR count). The zero-order chi connectivity index (χ0) is 18.6. The van der Waals surface area contributed by atoms with Crippen LogP contribution in [-0.4, -0.2) is 57.2 Å². The lowest BCUT2D eigenvalue weighted by atomic mass is 10.2. The number of methoxy groups -OCH3 is 1. The summed E-state index contributed by atoms with van der Waals surface area (Å²) in [6, 6.07) is 5.20. The van der Waals surface area contributed by atoms with Crippen molar-refractivity contribution in [1.82, 2.24) is 4.90 Å². The molecule has 0 saturated heterocycles. The maximum absolute atomic E-state index is 11.7. The maximum Gasteiger partial charge on any atom is 0.341 e. The summed E-state index contributed by atoms with van der Waals surface area (Å²) in [6.45, 7) is 1.49. The molecule has 1 aromatic carbocycles. The normalized spacial score (nSPS) is 17.6. The van der Waals surface area contributed by atoms with E-state index in [1.165, 1.54) is 12.0 Å². The molecule has 0 radical (unpaired) electrons. The monoisotopic (exact) mass is 380 g/mol. The first-order valence-corrected chi connectivity index (χ1v) is 8.97. The number of rotatable bonds is 6. The summed E-state index contributed by atoms with van der Waals surface area (Å²) in [6.07, 6.45) is 3.79. The number of ether oxygens (including phenoxy) is 2. The molecule has 0 aromatic heterocycles. The molecule has 0 spiro atoms. The van der Waals surface area contributed by atoms with Crippen LogP contribution in [0.1, 0.15) is 12.5 Å². The van der Waals surface area contributed by atoms with Crippen LogP contribution in [0, 0.1) is 0 Å². The van der Waals surface area contributed by atoms with Crippen LogP contribution in [0.3, 0.4) is 0 Å². The quantitative estimate of drug-likeness (QED) is 0.458. The van der Waals surface area contributed by atoms with E-state index in [0.717, 1.165) is 10.4 Å². The molecule has 1 amide bonds. The van der Waals surface area contributed by atoms with Crippen molar-refractivity contribution in [3.05, 3.63) is 29.8 Å². The Morgan fingerprint density at radius 2 is 2.12 bits per heavy atom. The predicted octanol–water partition coefficient (Wildman–Crippen LogP) is 1.54. The van der Waals surface area contributed by atoms with Crippen LogP contribution in [0.2, 0.25) is 0 Å². The Kier molecular flexibility index (Phi) is 6.22. The summed E-state index contributed by atoms with van der Waals surface area (Å²) < 4.78 is 11.0. The third-order valence-corrected chi connectivity index (χ3v) is 6.14. The van der Waals surface area contributed by atoms with Gasteiger partial charge in [-0.25, -0.2) is 4.79 Å². The van der Waals surface area contributed by atoms with E-state index in [4.69, 9.17) is 26.8 Å². The van der Waals surface area contributed by atoms with Gasteiger partial charge in [-0.1, -0.05) is 37.4 Å². The third kappa shape index (κ3) is 4.61. The van der Waals surface area contributed by atoms with Crippen LogP contribution < -0.4 is 9.47 Å². The number of carboxylic acid groups (broad SMARTS) is 1. The molecule has 0 atom stereocenters. The van der Waals surface area contributed by atoms with Crippen molar-refractivity contribution >= 4 is 54.8 Å². The highest BCUT2D eigenvalue weighted by Gasteiger charge is 2.09. The molecule has 0 saturated carbocycles. The number of allylic oxidation sites excluding steroid dienone is 1. The SMILES string of the molecule is COc1cc(C=CC(C)=[S-]2=CC(=O)N(C)C2=S)ccc1OCC(=O)O. The standard InChI is InChI=1S/C17H18NO5S2/c1-11(25-10-15(19)18(2)17(25)24)4-5-12-6-7-13(14(8-12)22-3)23-9-16(20)21/h4-8,10H,9H2,1-3H3,(H,20,21)/q-1. The maximum atomic E-state index is 11.7. The molecule has 25 heavy (non-hydrogen) atoms. The number of nitrogens with zero attached hydrogens (tertiary/aromatic N) is 1. The highest BCUT2D eigenvalue weighted by molar-refractivity contribution is 8.19. The van der Waals surface area contributed by atoms with E-state index in [-0.39, 0.29) is 5.91 Å². The molecule has 0 aliphatic carbocycles. The number of benzene rings is 1. The van der Waals surface area contributed by atoms with Gasteiger partial charge in [0, 0.05) is 7.05 Å². The zero-order valence-corrected chi connectivity index (χ0v) is 15.6. The van der Waals surface area contributed by atoms with Gasteiger partial charge in [0.25, 0.3) is 0 Å². The van der Waals surface area contributed by atoms with Crippen LogP contribution in [0.25, 0.3) is 6.08 Å². The second-order valence-corrected chi connectivity index (χ2v) is 7.74. The average molecular weight is 380 g/mol. The largest absolute Gasteiger partial charge is 0.493 e. The number of amides is 1. The molecule has 0 unspecified atom stereocenters. The van der Waals surface area contributed by atoms with Crippen molar-refractivity contribution in [2.45, 2.75) is 6.92 Å². The van der Waals surface area contributed by atoms with Gasteiger partial charge in [0.15, 0.2) is 18.1 Å². The molecule has 1 heterocycles. The van der Waals surface area contributed by atoms with Crippen molar-refractivity contribution in [2.24, 2.45) is 0 Å². The van der Waals surface area contributed by atoms with Crippen molar-refractivity contribution in [1.29, 1.82) is 0 Å². The van der Waals surface area contributed by atoms with Gasteiger partial charge in [-0.3, -0.25) is 4.79 Å². The third-order valence-electron chi connectivity index (χ3n) is 3.41. The van der Waals surface area contributed by atoms with Crippen LogP contribution in [0.4, 0.5) is 0 Å². The molecule has 8 heteroatoms. The molecule has 6 nitrogen and oxygen atoms in total. The Morgan fingerprint density at radius 1 is 1.40 bits per heavy atom. The van der Waals surface area contributed by atoms with Gasteiger partial charge >= 0.3 is 5.97 Å². The number of carboxylic acids is 1. The summed E-state index contributed by atoms with van der Waals surface area (Å²) in [5.41, 5.74) is 0.854. The second-order valence-electron chi connectivity index (χ2n) is 5.16. The van der Waals surface area contributed by atoms with Gasteiger partial charge in [0.1, 0.15) is 0 Å². The van der Waals surface area contributed by atoms with Crippen LogP contribution in [-0.2, 0) is 19.7 Å². The molecule has 0 fully saturated rings. The lowest BCUT2D eigenvalue weighted by Gasteiger charge is -2.17. The number of aliphatic carboxylic acids is 1. The summed E-state index contributed by atoms with van der Waals surface area (Å²) >= 11 is 5.30. The smallest absolute Gasteiger partial charge is 0.341 e. The van der Waals surface area contributed by atoms with Gasteiger partial charge in [0.2, 0.25) is 5.91 Å². The van der Waals surface area contributed by atoms with E-state index in [1.54, 1.807) is 30.6 Å². The predicted molar refractivity (Wildman–Crippen MR) is 105 cm³/mol. The highest BCUT2D eigenvalue weighted by Crippen LogP contribution is 2.28. The summed E-state index contributed by atoms with van der Waals surface area (Å²) in [4.78, 5) is 24.7. The Morgan fingerprint density at radius 3 is 2.68 bits per heavy atom. The number of carbonyl (C=O) groups is 2. The molecule has 1 aliphatic rings. The number of hydrogen-bond donors (Lipinski definition) is 1. The van der Waals surface area contributed by atoms with E-state index in [9.17, 15) is 9.59 Å². The summed E-state index contributed by atoms with van der Waals surface area (Å²) in [5.74, 6) is -0.327. The number of thiocarbonyl (C=S) groups is 1. The first kappa shape index (κ1) is 19.0.